The number of hydrogen-bond donors (Lipinski definition) is 2. The Kier molecular flexibility index (Phi) is 5.60. The number of benzene rings is 2. The van der Waals surface area contributed by atoms with Crippen LogP contribution < -0.4 is 10.6 Å². The molecule has 0 aliphatic carbocycles. The summed E-state index contributed by atoms with van der Waals surface area (Å²) in [5, 5.41) is 6.90. The van der Waals surface area contributed by atoms with Gasteiger partial charge in [-0.15, -0.1) is 0 Å². The molecule has 3 rings (SSSR count). The van der Waals surface area contributed by atoms with Gasteiger partial charge in [-0.1, -0.05) is 28.1 Å². The van der Waals surface area contributed by atoms with Crippen molar-refractivity contribution in [3.63, 3.8) is 0 Å². The number of hydrogen-bond acceptors (Lipinski definition) is 5. The zero-order valence-corrected chi connectivity index (χ0v) is 17.0. The van der Waals surface area contributed by atoms with Crippen molar-refractivity contribution in [2.45, 2.75) is 32.9 Å². The molecule has 140 valence electrons. The Balaban J connectivity index is 1.60. The summed E-state index contributed by atoms with van der Waals surface area (Å²) in [6, 6.07) is 13.6. The summed E-state index contributed by atoms with van der Waals surface area (Å²) in [6.07, 6.45) is 1.36. The maximum absolute atomic E-state index is 11.7. The molecule has 0 saturated heterocycles. The quantitative estimate of drug-likeness (QED) is 0.599. The third-order valence-electron chi connectivity index (χ3n) is 3.59. The fourth-order valence-electron chi connectivity index (χ4n) is 2.39. The van der Waals surface area contributed by atoms with E-state index in [0.29, 0.717) is 12.5 Å². The first kappa shape index (κ1) is 19.1. The van der Waals surface area contributed by atoms with E-state index in [1.54, 1.807) is 6.20 Å². The zero-order chi connectivity index (χ0) is 19.4. The lowest BCUT2D eigenvalue weighted by molar-refractivity contribution is 0.0523. The van der Waals surface area contributed by atoms with Crippen LogP contribution in [0.3, 0.4) is 0 Å². The molecule has 0 bridgehead atoms. The fourth-order valence-corrected chi connectivity index (χ4v) is 2.77. The van der Waals surface area contributed by atoms with Gasteiger partial charge in [0.2, 0.25) is 5.95 Å². The molecule has 1 aromatic heterocycles. The number of nitrogens with one attached hydrogen (secondary N) is 2. The second-order valence-corrected chi connectivity index (χ2v) is 7.99. The molecule has 0 spiro atoms. The molecule has 0 fully saturated rings. The summed E-state index contributed by atoms with van der Waals surface area (Å²) in [5.41, 5.74) is 2.20. The molecule has 27 heavy (non-hydrogen) atoms. The van der Waals surface area contributed by atoms with Crippen LogP contribution in [-0.2, 0) is 11.3 Å². The maximum Gasteiger partial charge on any atom is 0.407 e. The molecule has 1 heterocycles. The van der Waals surface area contributed by atoms with Gasteiger partial charge in [0.1, 0.15) is 5.60 Å². The smallest absolute Gasteiger partial charge is 0.407 e. The van der Waals surface area contributed by atoms with Crippen molar-refractivity contribution in [3.8, 4) is 0 Å². The van der Waals surface area contributed by atoms with Crippen molar-refractivity contribution in [1.82, 2.24) is 15.3 Å². The van der Waals surface area contributed by atoms with Crippen LogP contribution in [-0.4, -0.2) is 21.7 Å². The number of alkyl carbamates (subject to hydrolysis) is 1. The van der Waals surface area contributed by atoms with Gasteiger partial charge in [-0.25, -0.2) is 14.8 Å². The van der Waals surface area contributed by atoms with Gasteiger partial charge in [0.25, 0.3) is 0 Å². The SMILES string of the molecule is CC(C)(C)OC(=O)NCc1ccc(Nc2ncc3cc(Br)ccc3n2)cc1. The number of fused-ring (bicyclic) bond motifs is 1. The number of amides is 1. The molecular formula is C20H21BrN4O2. The summed E-state index contributed by atoms with van der Waals surface area (Å²) in [4.78, 5) is 20.6. The van der Waals surface area contributed by atoms with E-state index in [1.165, 1.54) is 0 Å². The standard InChI is InChI=1S/C20H21BrN4O2/c1-20(2,3)27-19(26)23-11-13-4-7-16(8-5-13)24-18-22-12-14-10-15(21)6-9-17(14)25-18/h4-10,12H,11H2,1-3H3,(H,23,26)(H,22,24,25). The molecule has 6 nitrogen and oxygen atoms in total. The van der Waals surface area contributed by atoms with Gasteiger partial charge in [0.05, 0.1) is 5.52 Å². The second kappa shape index (κ2) is 7.92. The van der Waals surface area contributed by atoms with Gasteiger partial charge >= 0.3 is 6.09 Å². The largest absolute Gasteiger partial charge is 0.444 e. The highest BCUT2D eigenvalue weighted by Gasteiger charge is 2.15. The monoisotopic (exact) mass is 428 g/mol. The van der Waals surface area contributed by atoms with Gasteiger partial charge in [-0.3, -0.25) is 0 Å². The lowest BCUT2D eigenvalue weighted by atomic mass is 10.2. The lowest BCUT2D eigenvalue weighted by Crippen LogP contribution is -2.32. The Morgan fingerprint density at radius 1 is 1.15 bits per heavy atom. The van der Waals surface area contributed by atoms with E-state index in [0.717, 1.165) is 26.6 Å². The van der Waals surface area contributed by atoms with Crippen LogP contribution >= 0.6 is 15.9 Å². The maximum atomic E-state index is 11.7. The third kappa shape index (κ3) is 5.65. The Labute approximate surface area is 166 Å². The molecule has 3 aromatic rings. The van der Waals surface area contributed by atoms with Gasteiger partial charge in [0.15, 0.2) is 0 Å². The first-order valence-corrected chi connectivity index (χ1v) is 9.33. The molecule has 0 radical (unpaired) electrons. The van der Waals surface area contributed by atoms with Crippen LogP contribution in [0.5, 0.6) is 0 Å². The van der Waals surface area contributed by atoms with Crippen molar-refractivity contribution in [2.24, 2.45) is 0 Å². The summed E-state index contributed by atoms with van der Waals surface area (Å²) < 4.78 is 6.22. The average Bonchev–Trinajstić information content (AvgIpc) is 2.60. The van der Waals surface area contributed by atoms with Crippen LogP contribution in [0.15, 0.2) is 53.1 Å². The van der Waals surface area contributed by atoms with E-state index in [1.807, 2.05) is 63.2 Å². The zero-order valence-electron chi connectivity index (χ0n) is 15.4. The molecule has 0 aliphatic heterocycles. The minimum Gasteiger partial charge on any atom is -0.444 e. The number of nitrogens with zero attached hydrogens (tertiary/aromatic N) is 2. The summed E-state index contributed by atoms with van der Waals surface area (Å²) >= 11 is 3.44. The van der Waals surface area contributed by atoms with E-state index in [4.69, 9.17) is 4.74 Å². The molecule has 0 atom stereocenters. The van der Waals surface area contributed by atoms with Crippen molar-refractivity contribution >= 4 is 44.6 Å². The van der Waals surface area contributed by atoms with Crippen LogP contribution in [0.1, 0.15) is 26.3 Å². The number of rotatable bonds is 4. The molecule has 0 unspecified atom stereocenters. The Morgan fingerprint density at radius 2 is 1.89 bits per heavy atom. The van der Waals surface area contributed by atoms with E-state index in [-0.39, 0.29) is 0 Å². The van der Waals surface area contributed by atoms with Gasteiger partial charge < -0.3 is 15.4 Å². The number of ether oxygens (including phenoxy) is 1. The Morgan fingerprint density at radius 3 is 2.59 bits per heavy atom. The second-order valence-electron chi connectivity index (χ2n) is 7.07. The number of carbonyl (C=O) groups excluding carboxylic acids is 1. The first-order chi connectivity index (χ1) is 12.8. The van der Waals surface area contributed by atoms with Gasteiger partial charge in [0, 0.05) is 28.3 Å². The predicted molar refractivity (Wildman–Crippen MR) is 110 cm³/mol. The van der Waals surface area contributed by atoms with Gasteiger partial charge in [-0.05, 0) is 56.7 Å². The summed E-state index contributed by atoms with van der Waals surface area (Å²) in [5.74, 6) is 0.532. The number of carbonyl (C=O) groups is 1. The van der Waals surface area contributed by atoms with Crippen LogP contribution in [0.4, 0.5) is 16.4 Å². The molecule has 2 aromatic carbocycles. The van der Waals surface area contributed by atoms with Crippen LogP contribution in [0, 0.1) is 0 Å². The minimum atomic E-state index is -0.506. The topological polar surface area (TPSA) is 76.1 Å². The molecule has 0 saturated carbocycles. The molecule has 0 aliphatic rings. The Hall–Kier alpha value is -2.67. The molecule has 1 amide bonds. The summed E-state index contributed by atoms with van der Waals surface area (Å²) in [7, 11) is 0. The molecule has 2 N–H and O–H groups in total. The molecular weight excluding hydrogens is 408 g/mol. The van der Waals surface area contributed by atoms with Crippen LogP contribution in [0.25, 0.3) is 10.9 Å². The summed E-state index contributed by atoms with van der Waals surface area (Å²) in [6.45, 7) is 5.90. The Bertz CT molecular complexity index is 952. The molecule has 7 heteroatoms. The highest BCUT2D eigenvalue weighted by atomic mass is 79.9. The van der Waals surface area contributed by atoms with Crippen molar-refractivity contribution in [1.29, 1.82) is 0 Å². The van der Waals surface area contributed by atoms with E-state index in [2.05, 4.69) is 36.5 Å². The van der Waals surface area contributed by atoms with Gasteiger partial charge in [-0.2, -0.15) is 0 Å². The van der Waals surface area contributed by atoms with E-state index >= 15 is 0 Å². The highest BCUT2D eigenvalue weighted by Crippen LogP contribution is 2.20. The minimum absolute atomic E-state index is 0.399. The number of aromatic nitrogens is 2. The number of anilines is 2. The number of halogens is 1. The fraction of sp³-hybridized carbons (Fsp3) is 0.250. The van der Waals surface area contributed by atoms with Crippen LogP contribution in [0.2, 0.25) is 0 Å². The normalized spacial score (nSPS) is 11.3. The van der Waals surface area contributed by atoms with Crippen molar-refractivity contribution in [3.05, 3.63) is 58.7 Å². The first-order valence-electron chi connectivity index (χ1n) is 8.54. The van der Waals surface area contributed by atoms with E-state index < -0.39 is 11.7 Å². The average molecular weight is 429 g/mol. The lowest BCUT2D eigenvalue weighted by Gasteiger charge is -2.19. The van der Waals surface area contributed by atoms with Crippen molar-refractivity contribution in [2.75, 3.05) is 5.32 Å². The van der Waals surface area contributed by atoms with E-state index in [9.17, 15) is 4.79 Å². The third-order valence-corrected chi connectivity index (χ3v) is 4.08. The van der Waals surface area contributed by atoms with Crippen molar-refractivity contribution < 1.29 is 9.53 Å². The highest BCUT2D eigenvalue weighted by molar-refractivity contribution is 9.10. The predicted octanol–water partition coefficient (Wildman–Crippen LogP) is 5.16.